The lowest BCUT2D eigenvalue weighted by Crippen LogP contribution is -2.23. The second-order valence-electron chi connectivity index (χ2n) is 3.62. The number of nitrogens with zero attached hydrogens (tertiary/aromatic N) is 1. The van der Waals surface area contributed by atoms with E-state index in [2.05, 4.69) is 0 Å². The summed E-state index contributed by atoms with van der Waals surface area (Å²) in [6.45, 7) is 2.87. The van der Waals surface area contributed by atoms with Crippen molar-refractivity contribution in [2.24, 2.45) is 0 Å². The molecule has 0 aromatic heterocycles. The normalized spacial score (nSPS) is 11.5. The van der Waals surface area contributed by atoms with Gasteiger partial charge in [0.15, 0.2) is 5.82 Å². The van der Waals surface area contributed by atoms with Crippen LogP contribution < -0.4 is 4.72 Å². The van der Waals surface area contributed by atoms with Crippen molar-refractivity contribution in [2.75, 3.05) is 4.72 Å². The van der Waals surface area contributed by atoms with Gasteiger partial charge in [0.1, 0.15) is 0 Å². The van der Waals surface area contributed by atoms with Crippen molar-refractivity contribution >= 4 is 21.4 Å². The van der Waals surface area contributed by atoms with Crippen LogP contribution in [0.3, 0.4) is 0 Å². The number of nitro groups is 1. The molecular formula is C9H11FN2O4S. The predicted molar refractivity (Wildman–Crippen MR) is 60.7 cm³/mol. The zero-order valence-corrected chi connectivity index (χ0v) is 9.99. The fourth-order valence-electron chi connectivity index (χ4n) is 0.971. The number of sulfonamides is 1. The van der Waals surface area contributed by atoms with Gasteiger partial charge in [-0.1, -0.05) is 0 Å². The van der Waals surface area contributed by atoms with E-state index < -0.39 is 31.7 Å². The van der Waals surface area contributed by atoms with Crippen LogP contribution in [0, 0.1) is 15.9 Å². The molecule has 0 atom stereocenters. The summed E-state index contributed by atoms with van der Waals surface area (Å²) in [5.41, 5.74) is -0.737. The molecule has 1 aromatic rings. The van der Waals surface area contributed by atoms with E-state index in [0.717, 1.165) is 12.1 Å². The Bertz CT molecular complexity index is 542. The summed E-state index contributed by atoms with van der Waals surface area (Å²) in [4.78, 5) is 9.60. The van der Waals surface area contributed by atoms with Crippen molar-refractivity contribution in [1.29, 1.82) is 0 Å². The fourth-order valence-corrected chi connectivity index (χ4v) is 1.68. The second kappa shape index (κ2) is 4.66. The second-order valence-corrected chi connectivity index (χ2v) is 5.85. The number of anilines is 1. The van der Waals surface area contributed by atoms with E-state index in [4.69, 9.17) is 0 Å². The average Bonchev–Trinajstić information content (AvgIpc) is 2.20. The highest BCUT2D eigenvalue weighted by atomic mass is 32.2. The van der Waals surface area contributed by atoms with Gasteiger partial charge in [0.25, 0.3) is 5.69 Å². The molecule has 1 rings (SSSR count). The Morgan fingerprint density at radius 3 is 2.41 bits per heavy atom. The van der Waals surface area contributed by atoms with Crippen LogP contribution in [-0.4, -0.2) is 18.6 Å². The molecule has 0 radical (unpaired) electrons. The molecule has 8 heteroatoms. The Labute approximate surface area is 97.7 Å². The fraction of sp³-hybridized carbons (Fsp3) is 0.333. The molecule has 0 spiro atoms. The maximum absolute atomic E-state index is 13.4. The molecule has 0 saturated heterocycles. The van der Waals surface area contributed by atoms with Crippen LogP contribution in [0.25, 0.3) is 0 Å². The summed E-state index contributed by atoms with van der Waals surface area (Å²) in [6, 6.07) is 2.72. The topological polar surface area (TPSA) is 89.3 Å². The van der Waals surface area contributed by atoms with E-state index in [-0.39, 0.29) is 5.69 Å². The SMILES string of the molecule is CC(C)S(=O)(=O)Nc1ccc([N+](=O)[O-])cc1F. The summed E-state index contributed by atoms with van der Waals surface area (Å²) in [7, 11) is -3.67. The van der Waals surface area contributed by atoms with Gasteiger partial charge in [-0.2, -0.15) is 0 Å². The summed E-state index contributed by atoms with van der Waals surface area (Å²) in [5, 5.41) is 9.63. The summed E-state index contributed by atoms with van der Waals surface area (Å²) >= 11 is 0. The molecule has 94 valence electrons. The van der Waals surface area contributed by atoms with Crippen LogP contribution in [0.15, 0.2) is 18.2 Å². The Hall–Kier alpha value is -1.70. The number of nitrogens with one attached hydrogen (secondary N) is 1. The van der Waals surface area contributed by atoms with Crippen molar-refractivity contribution in [1.82, 2.24) is 0 Å². The van der Waals surface area contributed by atoms with E-state index in [1.807, 2.05) is 4.72 Å². The van der Waals surface area contributed by atoms with E-state index in [1.54, 1.807) is 0 Å². The molecule has 0 fully saturated rings. The Morgan fingerprint density at radius 1 is 1.41 bits per heavy atom. The minimum atomic E-state index is -3.67. The van der Waals surface area contributed by atoms with Crippen LogP contribution in [0.2, 0.25) is 0 Å². The first-order valence-electron chi connectivity index (χ1n) is 4.69. The summed E-state index contributed by atoms with van der Waals surface area (Å²) < 4.78 is 38.3. The molecule has 0 unspecified atom stereocenters. The van der Waals surface area contributed by atoms with Gasteiger partial charge in [-0.25, -0.2) is 12.8 Å². The number of halogens is 1. The first-order valence-corrected chi connectivity index (χ1v) is 6.24. The highest BCUT2D eigenvalue weighted by molar-refractivity contribution is 7.93. The molecule has 0 aliphatic rings. The van der Waals surface area contributed by atoms with Crippen molar-refractivity contribution in [2.45, 2.75) is 19.1 Å². The molecule has 0 bridgehead atoms. The third-order valence-electron chi connectivity index (χ3n) is 2.04. The van der Waals surface area contributed by atoms with E-state index >= 15 is 0 Å². The lowest BCUT2D eigenvalue weighted by Gasteiger charge is -2.10. The molecule has 1 N–H and O–H groups in total. The van der Waals surface area contributed by atoms with Crippen molar-refractivity contribution in [3.05, 3.63) is 34.1 Å². The Morgan fingerprint density at radius 2 is 2.00 bits per heavy atom. The highest BCUT2D eigenvalue weighted by Crippen LogP contribution is 2.22. The first-order chi connectivity index (χ1) is 7.74. The molecule has 6 nitrogen and oxygen atoms in total. The van der Waals surface area contributed by atoms with Gasteiger partial charge in [-0.3, -0.25) is 14.8 Å². The van der Waals surface area contributed by atoms with Gasteiger partial charge in [-0.05, 0) is 19.9 Å². The lowest BCUT2D eigenvalue weighted by molar-refractivity contribution is -0.385. The van der Waals surface area contributed by atoms with Crippen LogP contribution in [-0.2, 0) is 10.0 Å². The quantitative estimate of drug-likeness (QED) is 0.662. The van der Waals surface area contributed by atoms with Crippen LogP contribution in [0.5, 0.6) is 0 Å². The van der Waals surface area contributed by atoms with Crippen LogP contribution in [0.1, 0.15) is 13.8 Å². The van der Waals surface area contributed by atoms with Gasteiger partial charge < -0.3 is 0 Å². The number of nitro benzene ring substituents is 1. The smallest absolute Gasteiger partial charge is 0.272 e. The number of rotatable bonds is 4. The van der Waals surface area contributed by atoms with Crippen LogP contribution >= 0.6 is 0 Å². The largest absolute Gasteiger partial charge is 0.280 e. The molecule has 0 aliphatic carbocycles. The Kier molecular flexibility index (Phi) is 3.66. The van der Waals surface area contributed by atoms with Gasteiger partial charge in [0, 0.05) is 6.07 Å². The third kappa shape index (κ3) is 3.13. The molecule has 0 aliphatic heterocycles. The summed E-state index contributed by atoms with van der Waals surface area (Å²) in [6.07, 6.45) is 0. The minimum Gasteiger partial charge on any atom is -0.280 e. The molecule has 1 aromatic carbocycles. The minimum absolute atomic E-state index is 0.302. The number of benzene rings is 1. The van der Waals surface area contributed by atoms with E-state index in [9.17, 15) is 22.9 Å². The first kappa shape index (κ1) is 13.4. The van der Waals surface area contributed by atoms with Gasteiger partial charge in [-0.15, -0.1) is 0 Å². The monoisotopic (exact) mass is 262 g/mol. The van der Waals surface area contributed by atoms with Gasteiger partial charge in [0.05, 0.1) is 21.9 Å². The maximum Gasteiger partial charge on any atom is 0.272 e. The summed E-state index contributed by atoms with van der Waals surface area (Å²) in [5.74, 6) is -0.983. The predicted octanol–water partition coefficient (Wildman–Crippen LogP) is 1.88. The molecule has 0 saturated carbocycles. The van der Waals surface area contributed by atoms with Crippen LogP contribution in [0.4, 0.5) is 15.8 Å². The highest BCUT2D eigenvalue weighted by Gasteiger charge is 2.19. The molecular weight excluding hydrogens is 251 g/mol. The van der Waals surface area contributed by atoms with Crippen molar-refractivity contribution in [3.63, 3.8) is 0 Å². The van der Waals surface area contributed by atoms with E-state index in [1.165, 1.54) is 13.8 Å². The van der Waals surface area contributed by atoms with Crippen molar-refractivity contribution < 1.29 is 17.7 Å². The molecule has 0 amide bonds. The lowest BCUT2D eigenvalue weighted by atomic mass is 10.3. The Balaban J connectivity index is 3.06. The zero-order valence-electron chi connectivity index (χ0n) is 9.18. The molecule has 17 heavy (non-hydrogen) atoms. The number of non-ortho nitro benzene ring substituents is 1. The van der Waals surface area contributed by atoms with Crippen molar-refractivity contribution in [3.8, 4) is 0 Å². The maximum atomic E-state index is 13.4. The van der Waals surface area contributed by atoms with Gasteiger partial charge in [0.2, 0.25) is 10.0 Å². The number of hydrogen-bond donors (Lipinski definition) is 1. The zero-order chi connectivity index (χ0) is 13.2. The standard InChI is InChI=1S/C9H11FN2O4S/c1-6(2)17(15,16)11-9-4-3-7(12(13)14)5-8(9)10/h3-6,11H,1-2H3. The van der Waals surface area contributed by atoms with E-state index in [0.29, 0.717) is 6.07 Å². The third-order valence-corrected chi connectivity index (χ3v) is 3.78. The number of hydrogen-bond acceptors (Lipinski definition) is 4. The van der Waals surface area contributed by atoms with Gasteiger partial charge >= 0.3 is 0 Å². The average molecular weight is 262 g/mol. The molecule has 0 heterocycles.